The van der Waals surface area contributed by atoms with Crippen LogP contribution in [0.4, 0.5) is 13.2 Å². The SMILES string of the molecule is C=CS(=O)(=O)c1ccc(OC(C)C(F)(F)F)c(C(=O)N2Cc3ccc(C4CCOCC4)cc3C2)c1. The first kappa shape index (κ1) is 25.2. The fraction of sp³-hybridized carbons (Fsp3) is 0.400. The van der Waals surface area contributed by atoms with Gasteiger partial charge in [-0.25, -0.2) is 8.42 Å². The Labute approximate surface area is 202 Å². The smallest absolute Gasteiger partial charge is 0.425 e. The fourth-order valence-electron chi connectivity index (χ4n) is 4.32. The van der Waals surface area contributed by atoms with Gasteiger partial charge in [0, 0.05) is 31.7 Å². The molecule has 0 bridgehead atoms. The molecule has 0 spiro atoms. The second-order valence-corrected chi connectivity index (χ2v) is 10.6. The van der Waals surface area contributed by atoms with E-state index >= 15 is 0 Å². The minimum Gasteiger partial charge on any atom is -0.480 e. The van der Waals surface area contributed by atoms with Crippen LogP contribution in [0.15, 0.2) is 53.3 Å². The molecule has 0 aliphatic carbocycles. The molecule has 2 aromatic rings. The summed E-state index contributed by atoms with van der Waals surface area (Å²) in [5.41, 5.74) is 2.82. The molecule has 2 heterocycles. The van der Waals surface area contributed by atoms with Crippen LogP contribution in [0.3, 0.4) is 0 Å². The molecular formula is C25H26F3NO5S. The van der Waals surface area contributed by atoms with Crippen LogP contribution in [0, 0.1) is 0 Å². The summed E-state index contributed by atoms with van der Waals surface area (Å²) in [5, 5.41) is 0.721. The molecule has 2 aliphatic rings. The van der Waals surface area contributed by atoms with Gasteiger partial charge >= 0.3 is 6.18 Å². The molecule has 6 nitrogen and oxygen atoms in total. The van der Waals surface area contributed by atoms with Gasteiger partial charge in [-0.15, -0.1) is 0 Å². The van der Waals surface area contributed by atoms with E-state index in [9.17, 15) is 26.4 Å². The number of carbonyl (C=O) groups is 1. The number of amides is 1. The molecule has 0 radical (unpaired) electrons. The third-order valence-corrected chi connectivity index (χ3v) is 7.78. The second-order valence-electron chi connectivity index (χ2n) is 8.75. The number of hydrogen-bond acceptors (Lipinski definition) is 5. The summed E-state index contributed by atoms with van der Waals surface area (Å²) in [6, 6.07) is 9.31. The van der Waals surface area contributed by atoms with Crippen molar-refractivity contribution in [3.8, 4) is 5.75 Å². The quantitative estimate of drug-likeness (QED) is 0.549. The molecule has 1 amide bonds. The molecule has 0 N–H and O–H groups in total. The first-order chi connectivity index (χ1) is 16.5. The normalized spacial score (nSPS) is 17.7. The average Bonchev–Trinajstić information content (AvgIpc) is 3.27. The molecule has 1 fully saturated rings. The molecule has 10 heteroatoms. The highest BCUT2D eigenvalue weighted by molar-refractivity contribution is 7.94. The standard InChI is InChI=1S/C25H26F3NO5S/c1-3-35(31,32)21-6-7-23(34-16(2)25(26,27)28)22(13-21)24(30)29-14-19-5-4-18(12-20(19)15-29)17-8-10-33-11-9-17/h3-7,12-13,16-17H,1,8-11,14-15H2,2H3. The van der Waals surface area contributed by atoms with Gasteiger partial charge < -0.3 is 14.4 Å². The summed E-state index contributed by atoms with van der Waals surface area (Å²) in [7, 11) is -3.92. The number of hydrogen-bond donors (Lipinski definition) is 0. The van der Waals surface area contributed by atoms with E-state index < -0.39 is 28.0 Å². The van der Waals surface area contributed by atoms with Gasteiger partial charge in [-0.3, -0.25) is 4.79 Å². The van der Waals surface area contributed by atoms with Crippen molar-refractivity contribution in [1.29, 1.82) is 0 Å². The van der Waals surface area contributed by atoms with Crippen molar-refractivity contribution in [2.75, 3.05) is 13.2 Å². The molecule has 35 heavy (non-hydrogen) atoms. The summed E-state index contributed by atoms with van der Waals surface area (Å²) in [4.78, 5) is 14.7. The van der Waals surface area contributed by atoms with Gasteiger partial charge in [0.1, 0.15) is 5.75 Å². The fourth-order valence-corrected chi connectivity index (χ4v) is 5.05. The number of nitrogens with zero attached hydrogens (tertiary/aromatic N) is 1. The molecule has 0 saturated carbocycles. The summed E-state index contributed by atoms with van der Waals surface area (Å²) in [6.07, 6.45) is -5.00. The van der Waals surface area contributed by atoms with Crippen molar-refractivity contribution in [1.82, 2.24) is 4.90 Å². The number of carbonyl (C=O) groups excluding carboxylic acids is 1. The topological polar surface area (TPSA) is 72.9 Å². The molecule has 2 aromatic carbocycles. The van der Waals surface area contributed by atoms with Crippen molar-refractivity contribution in [2.24, 2.45) is 0 Å². The maximum atomic E-state index is 13.4. The lowest BCUT2D eigenvalue weighted by Crippen LogP contribution is -2.32. The van der Waals surface area contributed by atoms with Crippen molar-refractivity contribution >= 4 is 15.7 Å². The van der Waals surface area contributed by atoms with Crippen molar-refractivity contribution in [3.05, 3.63) is 70.6 Å². The Balaban J connectivity index is 1.63. The maximum absolute atomic E-state index is 13.4. The summed E-state index contributed by atoms with van der Waals surface area (Å²) < 4.78 is 74.4. The minimum absolute atomic E-state index is 0.249. The highest BCUT2D eigenvalue weighted by Gasteiger charge is 2.39. The van der Waals surface area contributed by atoms with E-state index in [4.69, 9.17) is 9.47 Å². The zero-order valence-electron chi connectivity index (χ0n) is 19.2. The van der Waals surface area contributed by atoms with E-state index in [1.807, 2.05) is 12.1 Å². The molecule has 188 valence electrons. The monoisotopic (exact) mass is 509 g/mol. The van der Waals surface area contributed by atoms with E-state index in [0.717, 1.165) is 54.5 Å². The highest BCUT2D eigenvalue weighted by atomic mass is 32.2. The Bertz CT molecular complexity index is 1240. The summed E-state index contributed by atoms with van der Waals surface area (Å²) in [5.74, 6) is -0.565. The Kier molecular flexibility index (Phi) is 6.97. The third-order valence-electron chi connectivity index (χ3n) is 6.43. The molecule has 2 aliphatic heterocycles. The number of halogens is 3. The average molecular weight is 510 g/mol. The summed E-state index contributed by atoms with van der Waals surface area (Å²) >= 11 is 0. The van der Waals surface area contributed by atoms with Gasteiger partial charge in [0.25, 0.3) is 5.91 Å². The van der Waals surface area contributed by atoms with Gasteiger partial charge in [0.05, 0.1) is 10.5 Å². The van der Waals surface area contributed by atoms with E-state index in [1.54, 1.807) is 0 Å². The zero-order chi connectivity index (χ0) is 25.4. The minimum atomic E-state index is -4.66. The lowest BCUT2D eigenvalue weighted by molar-refractivity contribution is -0.189. The highest BCUT2D eigenvalue weighted by Crippen LogP contribution is 2.34. The second kappa shape index (κ2) is 9.66. The molecular weight excluding hydrogens is 483 g/mol. The third kappa shape index (κ3) is 5.38. The van der Waals surface area contributed by atoms with Crippen LogP contribution in [0.2, 0.25) is 0 Å². The van der Waals surface area contributed by atoms with Gasteiger partial charge in [-0.05, 0) is 60.6 Å². The number of rotatable bonds is 6. The van der Waals surface area contributed by atoms with E-state index in [-0.39, 0.29) is 29.3 Å². The van der Waals surface area contributed by atoms with E-state index in [2.05, 4.69) is 12.6 Å². The lowest BCUT2D eigenvalue weighted by Gasteiger charge is -2.23. The van der Waals surface area contributed by atoms with Gasteiger partial charge in [-0.1, -0.05) is 24.8 Å². The van der Waals surface area contributed by atoms with Crippen LogP contribution in [0.1, 0.15) is 52.7 Å². The van der Waals surface area contributed by atoms with Crippen LogP contribution in [0.5, 0.6) is 5.75 Å². The van der Waals surface area contributed by atoms with Crippen LogP contribution < -0.4 is 4.74 Å². The van der Waals surface area contributed by atoms with Crippen molar-refractivity contribution in [3.63, 3.8) is 0 Å². The van der Waals surface area contributed by atoms with Crippen molar-refractivity contribution in [2.45, 2.75) is 55.9 Å². The molecule has 0 aromatic heterocycles. The number of alkyl halides is 3. The first-order valence-electron chi connectivity index (χ1n) is 11.2. The largest absolute Gasteiger partial charge is 0.480 e. The lowest BCUT2D eigenvalue weighted by atomic mass is 9.90. The Morgan fingerprint density at radius 2 is 1.83 bits per heavy atom. The molecule has 1 saturated heterocycles. The van der Waals surface area contributed by atoms with Gasteiger partial charge in [0.2, 0.25) is 0 Å². The van der Waals surface area contributed by atoms with Crippen molar-refractivity contribution < 1.29 is 35.9 Å². The molecule has 1 atom stereocenters. The van der Waals surface area contributed by atoms with E-state index in [1.165, 1.54) is 10.5 Å². The first-order valence-corrected chi connectivity index (χ1v) is 12.8. The Morgan fingerprint density at radius 1 is 1.14 bits per heavy atom. The Morgan fingerprint density at radius 3 is 2.49 bits per heavy atom. The predicted octanol–water partition coefficient (Wildman–Crippen LogP) is 4.98. The molecule has 1 unspecified atom stereocenters. The Hall–Kier alpha value is -2.85. The molecule has 4 rings (SSSR count). The number of sulfone groups is 1. The van der Waals surface area contributed by atoms with E-state index in [0.29, 0.717) is 19.1 Å². The predicted molar refractivity (Wildman–Crippen MR) is 123 cm³/mol. The number of benzene rings is 2. The number of ether oxygens (including phenoxy) is 2. The maximum Gasteiger partial charge on any atom is 0.425 e. The van der Waals surface area contributed by atoms with Crippen LogP contribution >= 0.6 is 0 Å². The van der Waals surface area contributed by atoms with Crippen LogP contribution in [0.25, 0.3) is 0 Å². The van der Waals surface area contributed by atoms with Crippen LogP contribution in [-0.2, 0) is 27.7 Å². The van der Waals surface area contributed by atoms with Gasteiger partial charge in [0.15, 0.2) is 15.9 Å². The zero-order valence-corrected chi connectivity index (χ0v) is 20.0. The van der Waals surface area contributed by atoms with Gasteiger partial charge in [-0.2, -0.15) is 13.2 Å². The summed E-state index contributed by atoms with van der Waals surface area (Å²) in [6.45, 7) is 6.02. The van der Waals surface area contributed by atoms with Crippen LogP contribution in [-0.4, -0.2) is 44.7 Å². The number of fused-ring (bicyclic) bond motifs is 1.